The number of likely N-dealkylation sites (tertiary alicyclic amines) is 1. The van der Waals surface area contributed by atoms with Gasteiger partial charge >= 0.3 is 0 Å². The highest BCUT2D eigenvalue weighted by atomic mass is 16.2. The van der Waals surface area contributed by atoms with Gasteiger partial charge in [0.25, 0.3) is 0 Å². The van der Waals surface area contributed by atoms with Gasteiger partial charge in [0.15, 0.2) is 0 Å². The lowest BCUT2D eigenvalue weighted by Gasteiger charge is -2.44. The zero-order chi connectivity index (χ0) is 12.4. The second kappa shape index (κ2) is 5.60. The van der Waals surface area contributed by atoms with E-state index in [0.717, 1.165) is 31.8 Å². The van der Waals surface area contributed by atoms with Gasteiger partial charge in [-0.05, 0) is 56.9 Å². The highest BCUT2D eigenvalue weighted by molar-refractivity contribution is 5.76. The number of carbonyl (C=O) groups excluding carboxylic acids is 1. The van der Waals surface area contributed by atoms with Crippen LogP contribution < -0.4 is 5.32 Å². The predicted octanol–water partition coefficient (Wildman–Crippen LogP) is 2.17. The molecule has 0 aromatic rings. The first-order chi connectivity index (χ1) is 8.84. The molecular weight excluding hydrogens is 224 g/mol. The molecule has 2 saturated heterocycles. The summed E-state index contributed by atoms with van der Waals surface area (Å²) in [5.74, 6) is 2.00. The summed E-state index contributed by atoms with van der Waals surface area (Å²) in [6.07, 6.45) is 9.94. The quantitative estimate of drug-likeness (QED) is 0.814. The number of hydrogen-bond donors (Lipinski definition) is 1. The van der Waals surface area contributed by atoms with E-state index in [1.165, 1.54) is 45.1 Å². The first-order valence-electron chi connectivity index (χ1n) is 7.86. The van der Waals surface area contributed by atoms with Crippen molar-refractivity contribution < 1.29 is 4.79 Å². The van der Waals surface area contributed by atoms with Gasteiger partial charge in [-0.25, -0.2) is 0 Å². The second-order valence-electron chi connectivity index (χ2n) is 6.37. The maximum atomic E-state index is 11.9. The van der Waals surface area contributed by atoms with Crippen molar-refractivity contribution in [1.82, 2.24) is 10.2 Å². The standard InChI is InChI=1S/C15H26N2O/c18-14-8-1-2-10-17(14)11-13-6-3-5-12-7-4-9-16-15(12)13/h12-13,15-16H,1-11H2/t12-,13-,15+/m0/s1. The van der Waals surface area contributed by atoms with E-state index >= 15 is 0 Å². The molecule has 18 heavy (non-hydrogen) atoms. The van der Waals surface area contributed by atoms with Gasteiger partial charge in [-0.3, -0.25) is 4.79 Å². The van der Waals surface area contributed by atoms with Crippen molar-refractivity contribution in [2.45, 2.75) is 57.4 Å². The maximum absolute atomic E-state index is 11.9. The minimum Gasteiger partial charge on any atom is -0.342 e. The number of fused-ring (bicyclic) bond motifs is 1. The van der Waals surface area contributed by atoms with Crippen molar-refractivity contribution in [3.63, 3.8) is 0 Å². The number of nitrogens with zero attached hydrogens (tertiary/aromatic N) is 1. The molecule has 0 radical (unpaired) electrons. The molecule has 0 aromatic heterocycles. The van der Waals surface area contributed by atoms with E-state index in [4.69, 9.17) is 0 Å². The third kappa shape index (κ3) is 2.56. The first kappa shape index (κ1) is 12.5. The van der Waals surface area contributed by atoms with Crippen LogP contribution in [0.15, 0.2) is 0 Å². The van der Waals surface area contributed by atoms with Crippen LogP contribution in [-0.2, 0) is 4.79 Å². The fourth-order valence-corrected chi connectivity index (χ4v) is 4.22. The normalized spacial score (nSPS) is 37.4. The van der Waals surface area contributed by atoms with E-state index in [-0.39, 0.29) is 0 Å². The lowest BCUT2D eigenvalue weighted by atomic mass is 9.73. The van der Waals surface area contributed by atoms with Crippen molar-refractivity contribution >= 4 is 5.91 Å². The fraction of sp³-hybridized carbons (Fsp3) is 0.933. The van der Waals surface area contributed by atoms with Gasteiger partial charge in [0.05, 0.1) is 0 Å². The van der Waals surface area contributed by atoms with Crippen LogP contribution in [0.5, 0.6) is 0 Å². The van der Waals surface area contributed by atoms with Crippen molar-refractivity contribution in [2.75, 3.05) is 19.6 Å². The maximum Gasteiger partial charge on any atom is 0.222 e. The molecule has 0 aromatic carbocycles. The lowest BCUT2D eigenvalue weighted by Crippen LogP contribution is -2.52. The Kier molecular flexibility index (Phi) is 3.88. The minimum absolute atomic E-state index is 0.402. The fourth-order valence-electron chi connectivity index (χ4n) is 4.22. The van der Waals surface area contributed by atoms with E-state index in [1.54, 1.807) is 0 Å². The monoisotopic (exact) mass is 250 g/mol. The molecule has 3 atom stereocenters. The van der Waals surface area contributed by atoms with Crippen LogP contribution in [0.25, 0.3) is 0 Å². The molecule has 0 spiro atoms. The molecule has 1 N–H and O–H groups in total. The number of carbonyl (C=O) groups is 1. The molecule has 0 unspecified atom stereocenters. The first-order valence-corrected chi connectivity index (χ1v) is 7.86. The van der Waals surface area contributed by atoms with Crippen LogP contribution in [0.3, 0.4) is 0 Å². The molecule has 3 rings (SSSR count). The SMILES string of the molecule is O=C1CCCCN1C[C@@H]1CCC[C@H]2CCCN[C@H]21. The number of piperidine rings is 2. The molecule has 1 saturated carbocycles. The molecule has 3 fully saturated rings. The predicted molar refractivity (Wildman–Crippen MR) is 72.3 cm³/mol. The Balaban J connectivity index is 1.61. The molecule has 3 heteroatoms. The molecule has 1 amide bonds. The van der Waals surface area contributed by atoms with E-state index in [0.29, 0.717) is 17.9 Å². The minimum atomic E-state index is 0.402. The Morgan fingerprint density at radius 1 is 1.11 bits per heavy atom. The Hall–Kier alpha value is -0.570. The van der Waals surface area contributed by atoms with Gasteiger partial charge in [0.2, 0.25) is 5.91 Å². The Bertz CT molecular complexity index is 303. The van der Waals surface area contributed by atoms with E-state index in [9.17, 15) is 4.79 Å². The summed E-state index contributed by atoms with van der Waals surface area (Å²) in [6.45, 7) is 3.21. The summed E-state index contributed by atoms with van der Waals surface area (Å²) in [5.41, 5.74) is 0. The summed E-state index contributed by atoms with van der Waals surface area (Å²) in [5, 5.41) is 3.74. The highest BCUT2D eigenvalue weighted by Gasteiger charge is 2.36. The highest BCUT2D eigenvalue weighted by Crippen LogP contribution is 2.35. The van der Waals surface area contributed by atoms with Crippen LogP contribution in [0.1, 0.15) is 51.4 Å². The van der Waals surface area contributed by atoms with Gasteiger partial charge in [-0.15, -0.1) is 0 Å². The van der Waals surface area contributed by atoms with Crippen LogP contribution in [0.4, 0.5) is 0 Å². The Morgan fingerprint density at radius 3 is 2.89 bits per heavy atom. The number of hydrogen-bond acceptors (Lipinski definition) is 2. The average molecular weight is 250 g/mol. The third-order valence-electron chi connectivity index (χ3n) is 5.17. The number of amides is 1. The van der Waals surface area contributed by atoms with Crippen LogP contribution in [0.2, 0.25) is 0 Å². The van der Waals surface area contributed by atoms with Crippen LogP contribution >= 0.6 is 0 Å². The molecule has 3 nitrogen and oxygen atoms in total. The van der Waals surface area contributed by atoms with E-state index in [2.05, 4.69) is 10.2 Å². The zero-order valence-corrected chi connectivity index (χ0v) is 11.4. The third-order valence-corrected chi connectivity index (χ3v) is 5.17. The van der Waals surface area contributed by atoms with Crippen molar-refractivity contribution in [3.05, 3.63) is 0 Å². The Labute approximate surface area is 110 Å². The average Bonchev–Trinajstić information content (AvgIpc) is 2.42. The molecule has 102 valence electrons. The van der Waals surface area contributed by atoms with Gasteiger partial charge in [-0.1, -0.05) is 6.42 Å². The second-order valence-corrected chi connectivity index (χ2v) is 6.37. The summed E-state index contributed by atoms with van der Waals surface area (Å²) in [7, 11) is 0. The van der Waals surface area contributed by atoms with E-state index < -0.39 is 0 Å². The van der Waals surface area contributed by atoms with Crippen molar-refractivity contribution in [2.24, 2.45) is 11.8 Å². The van der Waals surface area contributed by atoms with Gasteiger partial charge in [0, 0.05) is 25.6 Å². The molecule has 1 aliphatic carbocycles. The van der Waals surface area contributed by atoms with Crippen molar-refractivity contribution in [1.29, 1.82) is 0 Å². The van der Waals surface area contributed by atoms with Crippen LogP contribution in [-0.4, -0.2) is 36.5 Å². The molecule has 2 heterocycles. The summed E-state index contributed by atoms with van der Waals surface area (Å²) >= 11 is 0. The van der Waals surface area contributed by atoms with E-state index in [1.807, 2.05) is 0 Å². The van der Waals surface area contributed by atoms with Gasteiger partial charge in [0.1, 0.15) is 0 Å². The van der Waals surface area contributed by atoms with Crippen molar-refractivity contribution in [3.8, 4) is 0 Å². The van der Waals surface area contributed by atoms with Crippen LogP contribution in [0, 0.1) is 11.8 Å². The zero-order valence-electron chi connectivity index (χ0n) is 11.4. The molecule has 3 aliphatic rings. The molecular formula is C15H26N2O. The summed E-state index contributed by atoms with van der Waals surface area (Å²) in [4.78, 5) is 14.1. The number of rotatable bonds is 2. The molecule has 2 aliphatic heterocycles. The Morgan fingerprint density at radius 2 is 2.00 bits per heavy atom. The summed E-state index contributed by atoms with van der Waals surface area (Å²) in [6, 6.07) is 0.697. The molecule has 0 bridgehead atoms. The summed E-state index contributed by atoms with van der Waals surface area (Å²) < 4.78 is 0. The largest absolute Gasteiger partial charge is 0.342 e. The number of nitrogens with one attached hydrogen (secondary N) is 1. The lowest BCUT2D eigenvalue weighted by molar-refractivity contribution is -0.134. The van der Waals surface area contributed by atoms with Gasteiger partial charge in [-0.2, -0.15) is 0 Å². The van der Waals surface area contributed by atoms with Gasteiger partial charge < -0.3 is 10.2 Å². The topological polar surface area (TPSA) is 32.3 Å². The smallest absolute Gasteiger partial charge is 0.222 e.